The lowest BCUT2D eigenvalue weighted by Crippen LogP contribution is -2.13. The molecule has 0 aliphatic heterocycles. The van der Waals surface area contributed by atoms with Crippen LogP contribution in [0.15, 0.2) is 60.3 Å². The Morgan fingerprint density at radius 1 is 1.25 bits per heavy atom. The third kappa shape index (κ3) is 7.23. The largest absolute Gasteiger partial charge is 0.494 e. The summed E-state index contributed by atoms with van der Waals surface area (Å²) in [5.41, 5.74) is 1.82. The van der Waals surface area contributed by atoms with Crippen LogP contribution in [0.25, 0.3) is 6.08 Å². The molecule has 0 aliphatic rings. The number of halogens is 1. The lowest BCUT2D eigenvalue weighted by Gasteiger charge is -2.06. The first-order valence-corrected chi connectivity index (χ1v) is 11.6. The molecule has 0 radical (unpaired) electrons. The molecule has 2 aromatic carbocycles. The quantitative estimate of drug-likeness (QED) is 0.210. The number of benzene rings is 2. The van der Waals surface area contributed by atoms with Gasteiger partial charge in [-0.2, -0.15) is 5.26 Å². The second-order valence-electron chi connectivity index (χ2n) is 7.19. The topological polar surface area (TPSA) is 75.0 Å². The number of unbranched alkanes of at least 4 members (excludes halogenated alkanes) is 2. The van der Waals surface area contributed by atoms with Crippen LogP contribution >= 0.6 is 22.9 Å². The third-order valence-corrected chi connectivity index (χ3v) is 5.76. The van der Waals surface area contributed by atoms with E-state index in [4.69, 9.17) is 16.3 Å². The molecule has 7 heteroatoms. The van der Waals surface area contributed by atoms with E-state index in [1.807, 2.05) is 54.6 Å². The van der Waals surface area contributed by atoms with E-state index >= 15 is 0 Å². The molecule has 1 N–H and O–H groups in total. The van der Waals surface area contributed by atoms with Gasteiger partial charge in [0.15, 0.2) is 5.13 Å². The molecule has 5 nitrogen and oxygen atoms in total. The highest BCUT2D eigenvalue weighted by molar-refractivity contribution is 7.15. The minimum absolute atomic E-state index is 0.00760. The van der Waals surface area contributed by atoms with Crippen LogP contribution in [0.2, 0.25) is 5.02 Å². The van der Waals surface area contributed by atoms with Gasteiger partial charge in [-0.1, -0.05) is 55.6 Å². The van der Waals surface area contributed by atoms with Gasteiger partial charge in [0.2, 0.25) is 0 Å². The minimum Gasteiger partial charge on any atom is -0.494 e. The molecule has 0 unspecified atom stereocenters. The summed E-state index contributed by atoms with van der Waals surface area (Å²) < 4.78 is 5.69. The third-order valence-electron chi connectivity index (χ3n) is 4.61. The summed E-state index contributed by atoms with van der Waals surface area (Å²) in [6.07, 6.45) is 7.25. The Morgan fingerprint density at radius 3 is 2.78 bits per heavy atom. The first kappa shape index (κ1) is 23.5. The summed E-state index contributed by atoms with van der Waals surface area (Å²) in [6.45, 7) is 2.83. The number of anilines is 1. The maximum Gasteiger partial charge on any atom is 0.268 e. The summed E-state index contributed by atoms with van der Waals surface area (Å²) in [4.78, 5) is 17.8. The lowest BCUT2D eigenvalue weighted by atomic mass is 10.1. The van der Waals surface area contributed by atoms with Crippen LogP contribution < -0.4 is 10.1 Å². The molecule has 0 saturated heterocycles. The van der Waals surface area contributed by atoms with E-state index in [1.54, 1.807) is 12.3 Å². The number of nitrogens with zero attached hydrogens (tertiary/aromatic N) is 2. The van der Waals surface area contributed by atoms with E-state index in [0.717, 1.165) is 41.0 Å². The predicted octanol–water partition coefficient (Wildman–Crippen LogP) is 6.50. The SMILES string of the molecule is CCCCCOc1ccc(/C=C(\C#N)C(=O)Nc2ncc(Cc3cccc(Cl)c3)s2)cc1. The Kier molecular flexibility index (Phi) is 8.85. The number of amides is 1. The van der Waals surface area contributed by atoms with Gasteiger partial charge in [-0.3, -0.25) is 10.1 Å². The average Bonchev–Trinajstić information content (AvgIpc) is 3.22. The van der Waals surface area contributed by atoms with E-state index in [1.165, 1.54) is 11.3 Å². The second kappa shape index (κ2) is 12.0. The van der Waals surface area contributed by atoms with E-state index in [2.05, 4.69) is 17.2 Å². The summed E-state index contributed by atoms with van der Waals surface area (Å²) in [5.74, 6) is 0.285. The molecule has 1 aromatic heterocycles. The highest BCUT2D eigenvalue weighted by Gasteiger charge is 2.12. The summed E-state index contributed by atoms with van der Waals surface area (Å²) in [5, 5.41) is 13.3. The first-order chi connectivity index (χ1) is 15.6. The molecule has 0 aliphatic carbocycles. The number of nitriles is 1. The predicted molar refractivity (Wildman–Crippen MR) is 130 cm³/mol. The number of carbonyl (C=O) groups is 1. The Labute approximate surface area is 197 Å². The molecule has 0 fully saturated rings. The van der Waals surface area contributed by atoms with E-state index < -0.39 is 5.91 Å². The number of carbonyl (C=O) groups excluding carboxylic acids is 1. The summed E-state index contributed by atoms with van der Waals surface area (Å²) in [6, 6.07) is 16.9. The zero-order chi connectivity index (χ0) is 22.8. The molecule has 0 bridgehead atoms. The first-order valence-electron chi connectivity index (χ1n) is 10.4. The molecule has 0 spiro atoms. The molecular weight excluding hydrogens is 442 g/mol. The van der Waals surface area contributed by atoms with E-state index in [9.17, 15) is 10.1 Å². The molecule has 3 rings (SSSR count). The van der Waals surface area contributed by atoms with Crippen molar-refractivity contribution in [3.05, 3.63) is 81.3 Å². The molecule has 1 heterocycles. The number of ether oxygens (including phenoxy) is 1. The maximum atomic E-state index is 12.6. The summed E-state index contributed by atoms with van der Waals surface area (Å²) in [7, 11) is 0. The van der Waals surface area contributed by atoms with Gasteiger partial charge in [0, 0.05) is 22.5 Å². The van der Waals surface area contributed by atoms with Crippen LogP contribution in [0, 0.1) is 11.3 Å². The van der Waals surface area contributed by atoms with Crippen LogP contribution in [0.1, 0.15) is 42.2 Å². The van der Waals surface area contributed by atoms with Crippen molar-refractivity contribution in [2.24, 2.45) is 0 Å². The van der Waals surface area contributed by atoms with Gasteiger partial charge < -0.3 is 4.74 Å². The fourth-order valence-corrected chi connectivity index (χ4v) is 4.03. The molecule has 32 heavy (non-hydrogen) atoms. The highest BCUT2D eigenvalue weighted by atomic mass is 35.5. The van der Waals surface area contributed by atoms with Crippen molar-refractivity contribution in [2.45, 2.75) is 32.6 Å². The van der Waals surface area contributed by atoms with Crippen LogP contribution in [0.3, 0.4) is 0 Å². The van der Waals surface area contributed by atoms with Gasteiger partial charge in [0.05, 0.1) is 6.61 Å². The molecule has 164 valence electrons. The maximum absolute atomic E-state index is 12.6. The number of hydrogen-bond donors (Lipinski definition) is 1. The molecular formula is C25H24ClN3O2S. The Hall–Kier alpha value is -3.14. The smallest absolute Gasteiger partial charge is 0.268 e. The van der Waals surface area contributed by atoms with Gasteiger partial charge >= 0.3 is 0 Å². The standard InChI is InChI=1S/C25H24ClN3O2S/c1-2-3-4-12-31-22-10-8-18(9-11-22)13-20(16-27)24(30)29-25-28-17-23(32-25)15-19-6-5-7-21(26)14-19/h5-11,13-14,17H,2-4,12,15H2,1H3,(H,28,29,30)/b20-13+. The number of hydrogen-bond acceptors (Lipinski definition) is 5. The zero-order valence-corrected chi connectivity index (χ0v) is 19.4. The van der Waals surface area contributed by atoms with Gasteiger partial charge in [-0.15, -0.1) is 11.3 Å². The van der Waals surface area contributed by atoms with Crippen molar-refractivity contribution in [1.29, 1.82) is 5.26 Å². The average molecular weight is 466 g/mol. The number of thiazole rings is 1. The van der Waals surface area contributed by atoms with Crippen LogP contribution in [-0.2, 0) is 11.2 Å². The van der Waals surface area contributed by atoms with Gasteiger partial charge in [-0.25, -0.2) is 4.98 Å². The Balaban J connectivity index is 1.59. The van der Waals surface area contributed by atoms with Crippen molar-refractivity contribution < 1.29 is 9.53 Å². The fraction of sp³-hybridized carbons (Fsp3) is 0.240. The molecule has 0 atom stereocenters. The highest BCUT2D eigenvalue weighted by Crippen LogP contribution is 2.23. The monoisotopic (exact) mass is 465 g/mol. The molecule has 1 amide bonds. The lowest BCUT2D eigenvalue weighted by molar-refractivity contribution is -0.112. The van der Waals surface area contributed by atoms with Crippen molar-refractivity contribution in [3.63, 3.8) is 0 Å². The van der Waals surface area contributed by atoms with E-state index in [0.29, 0.717) is 23.2 Å². The van der Waals surface area contributed by atoms with Gasteiger partial charge in [0.1, 0.15) is 17.4 Å². The van der Waals surface area contributed by atoms with Crippen LogP contribution in [-0.4, -0.2) is 17.5 Å². The summed E-state index contributed by atoms with van der Waals surface area (Å²) >= 11 is 7.40. The van der Waals surface area contributed by atoms with Crippen molar-refractivity contribution in [2.75, 3.05) is 11.9 Å². The van der Waals surface area contributed by atoms with Crippen molar-refractivity contribution in [1.82, 2.24) is 4.98 Å². The minimum atomic E-state index is -0.490. The van der Waals surface area contributed by atoms with Gasteiger partial charge in [0.25, 0.3) is 5.91 Å². The molecule has 0 saturated carbocycles. The Bertz CT molecular complexity index is 1120. The van der Waals surface area contributed by atoms with Crippen molar-refractivity contribution >= 4 is 40.1 Å². The van der Waals surface area contributed by atoms with Crippen LogP contribution in [0.4, 0.5) is 5.13 Å². The van der Waals surface area contributed by atoms with Crippen LogP contribution in [0.5, 0.6) is 5.75 Å². The normalized spacial score (nSPS) is 11.1. The zero-order valence-electron chi connectivity index (χ0n) is 17.8. The van der Waals surface area contributed by atoms with Crippen molar-refractivity contribution in [3.8, 4) is 11.8 Å². The number of aromatic nitrogens is 1. The Morgan fingerprint density at radius 2 is 2.06 bits per heavy atom. The fourth-order valence-electron chi connectivity index (χ4n) is 2.98. The van der Waals surface area contributed by atoms with Gasteiger partial charge in [-0.05, 0) is 47.9 Å². The molecule has 3 aromatic rings. The second-order valence-corrected chi connectivity index (χ2v) is 8.74. The van der Waals surface area contributed by atoms with E-state index in [-0.39, 0.29) is 5.57 Å². The number of rotatable bonds is 10. The number of nitrogens with one attached hydrogen (secondary N) is 1.